The van der Waals surface area contributed by atoms with Crippen molar-refractivity contribution >= 4 is 27.7 Å². The minimum absolute atomic E-state index is 0.390. The van der Waals surface area contributed by atoms with Gasteiger partial charge in [0.05, 0.1) is 6.61 Å². The van der Waals surface area contributed by atoms with Gasteiger partial charge < -0.3 is 4.74 Å². The first-order chi connectivity index (χ1) is 7.63. The highest BCUT2D eigenvalue weighted by atomic mass is 79.9. The van der Waals surface area contributed by atoms with Crippen molar-refractivity contribution in [2.24, 2.45) is 0 Å². The summed E-state index contributed by atoms with van der Waals surface area (Å²) < 4.78 is 6.01. The summed E-state index contributed by atoms with van der Waals surface area (Å²) >= 11 is 3.37. The van der Waals surface area contributed by atoms with E-state index in [2.05, 4.69) is 28.2 Å². The van der Waals surface area contributed by atoms with E-state index in [1.165, 1.54) is 0 Å². The Morgan fingerprint density at radius 2 is 2.25 bits per heavy atom. The summed E-state index contributed by atoms with van der Waals surface area (Å²) in [5.41, 5.74) is 1.78. The zero-order valence-electron chi connectivity index (χ0n) is 9.55. The van der Waals surface area contributed by atoms with Crippen molar-refractivity contribution in [1.82, 2.24) is 0 Å². The normalized spacial score (nSPS) is 9.94. The van der Waals surface area contributed by atoms with Crippen molar-refractivity contribution in [3.05, 3.63) is 28.2 Å². The van der Waals surface area contributed by atoms with Crippen molar-refractivity contribution in [3.63, 3.8) is 0 Å². The number of hydrogen-bond donors (Lipinski definition) is 1. The fraction of sp³-hybridized carbons (Fsp3) is 0.417. The van der Waals surface area contributed by atoms with Crippen LogP contribution in [0.1, 0.15) is 25.3 Å². The van der Waals surface area contributed by atoms with Gasteiger partial charge in [-0.05, 0) is 37.1 Å². The van der Waals surface area contributed by atoms with Gasteiger partial charge in [0.2, 0.25) is 0 Å². The van der Waals surface area contributed by atoms with Gasteiger partial charge in [-0.2, -0.15) is 0 Å². The molecule has 0 heterocycles. The van der Waals surface area contributed by atoms with Crippen LogP contribution >= 0.6 is 15.9 Å². The Balaban J connectivity index is 2.49. The Morgan fingerprint density at radius 3 is 2.88 bits per heavy atom. The molecule has 1 amide bonds. The lowest BCUT2D eigenvalue weighted by Gasteiger charge is -2.09. The minimum atomic E-state index is -0.390. The summed E-state index contributed by atoms with van der Waals surface area (Å²) in [6.07, 6.45) is 1.52. The fourth-order valence-electron chi connectivity index (χ4n) is 1.22. The number of aryl methyl sites for hydroxylation is 1. The largest absolute Gasteiger partial charge is 0.449 e. The number of carbonyl (C=O) groups excluding carboxylic acids is 1. The van der Waals surface area contributed by atoms with E-state index in [1.807, 2.05) is 25.1 Å². The molecule has 0 saturated carbocycles. The zero-order chi connectivity index (χ0) is 12.0. The van der Waals surface area contributed by atoms with E-state index in [9.17, 15) is 4.79 Å². The van der Waals surface area contributed by atoms with Crippen LogP contribution < -0.4 is 5.32 Å². The van der Waals surface area contributed by atoms with Crippen LogP contribution in [0.3, 0.4) is 0 Å². The quantitative estimate of drug-likeness (QED) is 0.846. The second-order valence-electron chi connectivity index (χ2n) is 3.57. The van der Waals surface area contributed by atoms with Gasteiger partial charge in [-0.15, -0.1) is 0 Å². The van der Waals surface area contributed by atoms with Crippen LogP contribution in [0.4, 0.5) is 10.5 Å². The topological polar surface area (TPSA) is 38.3 Å². The van der Waals surface area contributed by atoms with Gasteiger partial charge in [0.15, 0.2) is 0 Å². The van der Waals surface area contributed by atoms with Gasteiger partial charge in [0.1, 0.15) is 0 Å². The van der Waals surface area contributed by atoms with Crippen molar-refractivity contribution < 1.29 is 9.53 Å². The molecule has 4 heteroatoms. The van der Waals surface area contributed by atoms with Crippen molar-refractivity contribution in [1.29, 1.82) is 0 Å². The molecule has 1 rings (SSSR count). The van der Waals surface area contributed by atoms with Crippen LogP contribution in [-0.2, 0) is 4.74 Å². The maximum Gasteiger partial charge on any atom is 0.411 e. The molecule has 0 spiro atoms. The molecular weight excluding hydrogens is 270 g/mol. The molecule has 0 aliphatic rings. The Bertz CT molecular complexity index is 366. The molecule has 3 nitrogen and oxygen atoms in total. The van der Waals surface area contributed by atoms with Gasteiger partial charge in [0.25, 0.3) is 0 Å². The molecule has 1 aromatic carbocycles. The molecule has 0 radical (unpaired) electrons. The number of unbranched alkanes of at least 4 members (excludes halogenated alkanes) is 1. The molecule has 0 aliphatic heterocycles. The number of ether oxygens (including phenoxy) is 1. The highest BCUT2D eigenvalue weighted by Crippen LogP contribution is 2.20. The van der Waals surface area contributed by atoms with Gasteiger partial charge in [-0.1, -0.05) is 29.3 Å². The summed E-state index contributed by atoms with van der Waals surface area (Å²) in [6.45, 7) is 4.46. The smallest absolute Gasteiger partial charge is 0.411 e. The number of benzene rings is 1. The number of rotatable bonds is 4. The number of halogens is 1. The van der Waals surface area contributed by atoms with Crippen LogP contribution in [0, 0.1) is 6.92 Å². The Labute approximate surface area is 104 Å². The third-order valence-corrected chi connectivity index (χ3v) is 2.65. The van der Waals surface area contributed by atoms with Crippen LogP contribution in [0.5, 0.6) is 0 Å². The molecule has 0 aliphatic carbocycles. The maximum absolute atomic E-state index is 11.4. The second-order valence-corrected chi connectivity index (χ2v) is 4.49. The summed E-state index contributed by atoms with van der Waals surface area (Å²) in [7, 11) is 0. The van der Waals surface area contributed by atoms with E-state index in [0.717, 1.165) is 28.6 Å². The molecule has 16 heavy (non-hydrogen) atoms. The summed E-state index contributed by atoms with van der Waals surface area (Å²) in [6, 6.07) is 5.68. The summed E-state index contributed by atoms with van der Waals surface area (Å²) in [5.74, 6) is 0. The first-order valence-corrected chi connectivity index (χ1v) is 6.12. The van der Waals surface area contributed by atoms with E-state index < -0.39 is 0 Å². The first kappa shape index (κ1) is 13.0. The van der Waals surface area contributed by atoms with E-state index in [1.54, 1.807) is 0 Å². The number of carbonyl (C=O) groups is 1. The number of anilines is 1. The minimum Gasteiger partial charge on any atom is -0.449 e. The predicted octanol–water partition coefficient (Wildman–Crippen LogP) is 4.11. The zero-order valence-corrected chi connectivity index (χ0v) is 11.1. The molecule has 0 atom stereocenters. The second kappa shape index (κ2) is 6.53. The fourth-order valence-corrected chi connectivity index (χ4v) is 1.70. The highest BCUT2D eigenvalue weighted by Gasteiger charge is 2.05. The lowest BCUT2D eigenvalue weighted by molar-refractivity contribution is 0.160. The Morgan fingerprint density at radius 1 is 1.50 bits per heavy atom. The number of nitrogens with one attached hydrogen (secondary N) is 1. The van der Waals surface area contributed by atoms with E-state index in [-0.39, 0.29) is 6.09 Å². The molecule has 1 aromatic rings. The average Bonchev–Trinajstić information content (AvgIpc) is 2.23. The lowest BCUT2D eigenvalue weighted by Crippen LogP contribution is -2.14. The number of amides is 1. The van der Waals surface area contributed by atoms with Crippen molar-refractivity contribution in [2.45, 2.75) is 26.7 Å². The van der Waals surface area contributed by atoms with Gasteiger partial charge in [-0.3, -0.25) is 5.32 Å². The van der Waals surface area contributed by atoms with E-state index in [0.29, 0.717) is 6.61 Å². The SMILES string of the molecule is CCCCOC(=O)Nc1ccc(Br)cc1C. The van der Waals surface area contributed by atoms with Gasteiger partial charge in [0, 0.05) is 10.2 Å². The molecule has 0 unspecified atom stereocenters. The standard InChI is InChI=1S/C12H16BrNO2/c1-3-4-7-16-12(15)14-11-6-5-10(13)8-9(11)2/h5-6,8H,3-4,7H2,1-2H3,(H,14,15). The third-order valence-electron chi connectivity index (χ3n) is 2.16. The lowest BCUT2D eigenvalue weighted by atomic mass is 10.2. The van der Waals surface area contributed by atoms with Crippen LogP contribution in [0.15, 0.2) is 22.7 Å². The summed E-state index contributed by atoms with van der Waals surface area (Å²) in [5, 5.41) is 2.71. The molecule has 88 valence electrons. The molecule has 0 aromatic heterocycles. The molecule has 0 saturated heterocycles. The Hall–Kier alpha value is -1.03. The molecule has 0 bridgehead atoms. The van der Waals surface area contributed by atoms with Gasteiger partial charge in [-0.25, -0.2) is 4.79 Å². The van der Waals surface area contributed by atoms with Crippen LogP contribution in [0.2, 0.25) is 0 Å². The predicted molar refractivity (Wildman–Crippen MR) is 68.8 cm³/mol. The van der Waals surface area contributed by atoms with Crippen molar-refractivity contribution in [3.8, 4) is 0 Å². The number of hydrogen-bond acceptors (Lipinski definition) is 2. The van der Waals surface area contributed by atoms with E-state index in [4.69, 9.17) is 4.74 Å². The first-order valence-electron chi connectivity index (χ1n) is 5.33. The van der Waals surface area contributed by atoms with Crippen LogP contribution in [0.25, 0.3) is 0 Å². The van der Waals surface area contributed by atoms with E-state index >= 15 is 0 Å². The average molecular weight is 286 g/mol. The molecule has 1 N–H and O–H groups in total. The molecular formula is C12H16BrNO2. The Kier molecular flexibility index (Phi) is 5.32. The molecule has 0 fully saturated rings. The monoisotopic (exact) mass is 285 g/mol. The highest BCUT2D eigenvalue weighted by molar-refractivity contribution is 9.10. The van der Waals surface area contributed by atoms with Gasteiger partial charge >= 0.3 is 6.09 Å². The van der Waals surface area contributed by atoms with Crippen LogP contribution in [-0.4, -0.2) is 12.7 Å². The third kappa shape index (κ3) is 4.23. The van der Waals surface area contributed by atoms with Crippen molar-refractivity contribution in [2.75, 3.05) is 11.9 Å². The maximum atomic E-state index is 11.4. The summed E-state index contributed by atoms with van der Waals surface area (Å²) in [4.78, 5) is 11.4.